The van der Waals surface area contributed by atoms with Gasteiger partial charge in [-0.05, 0) is 25.0 Å². The molecule has 0 aromatic carbocycles. The van der Waals surface area contributed by atoms with Crippen molar-refractivity contribution in [3.8, 4) is 0 Å². The highest BCUT2D eigenvalue weighted by atomic mass is 16.2. The van der Waals surface area contributed by atoms with Crippen molar-refractivity contribution in [2.45, 2.75) is 26.4 Å². The summed E-state index contributed by atoms with van der Waals surface area (Å²) < 4.78 is 2.06. The molecule has 6 heteroatoms. The number of nitrogens with zero attached hydrogens (tertiary/aromatic N) is 3. The number of pyridine rings is 1. The number of nitrogens with one attached hydrogen (secondary N) is 2. The first-order valence-electron chi connectivity index (χ1n) is 6.64. The monoisotopic (exact) mass is 273 g/mol. The van der Waals surface area contributed by atoms with Crippen LogP contribution in [0, 0.1) is 6.92 Å². The van der Waals surface area contributed by atoms with E-state index in [1.54, 1.807) is 18.6 Å². The molecular formula is C14H19N5O. The zero-order chi connectivity index (χ0) is 14.2. The molecule has 0 spiro atoms. The number of carbonyl (C=O) groups excluding carboxylic acids is 1. The summed E-state index contributed by atoms with van der Waals surface area (Å²) in [5.74, 6) is 0.992. The highest BCUT2D eigenvalue weighted by Gasteiger charge is 2.00. The quantitative estimate of drug-likeness (QED) is 0.783. The highest BCUT2D eigenvalue weighted by molar-refractivity contribution is 5.73. The zero-order valence-corrected chi connectivity index (χ0v) is 11.5. The van der Waals surface area contributed by atoms with Crippen LogP contribution in [0.5, 0.6) is 0 Å². The van der Waals surface area contributed by atoms with Gasteiger partial charge in [-0.25, -0.2) is 9.78 Å². The molecule has 0 aliphatic rings. The summed E-state index contributed by atoms with van der Waals surface area (Å²) >= 11 is 0. The molecule has 2 amide bonds. The van der Waals surface area contributed by atoms with Gasteiger partial charge in [0, 0.05) is 44.4 Å². The van der Waals surface area contributed by atoms with Gasteiger partial charge in [0.1, 0.15) is 5.82 Å². The number of carbonyl (C=O) groups is 1. The Labute approximate surface area is 118 Å². The van der Waals surface area contributed by atoms with E-state index in [2.05, 4.69) is 25.2 Å². The van der Waals surface area contributed by atoms with Gasteiger partial charge in [-0.3, -0.25) is 4.98 Å². The van der Waals surface area contributed by atoms with Gasteiger partial charge in [0.05, 0.1) is 0 Å². The lowest BCUT2D eigenvalue weighted by atomic mass is 10.3. The van der Waals surface area contributed by atoms with Crippen LogP contribution < -0.4 is 10.6 Å². The lowest BCUT2D eigenvalue weighted by molar-refractivity contribution is 0.240. The first-order valence-corrected chi connectivity index (χ1v) is 6.64. The van der Waals surface area contributed by atoms with Crippen LogP contribution in [0.4, 0.5) is 4.79 Å². The van der Waals surface area contributed by atoms with Gasteiger partial charge in [-0.15, -0.1) is 0 Å². The van der Waals surface area contributed by atoms with Crippen molar-refractivity contribution in [1.29, 1.82) is 0 Å². The molecule has 0 radical (unpaired) electrons. The van der Waals surface area contributed by atoms with Crippen LogP contribution in [0.3, 0.4) is 0 Å². The largest absolute Gasteiger partial charge is 0.338 e. The van der Waals surface area contributed by atoms with E-state index in [9.17, 15) is 4.79 Å². The predicted molar refractivity (Wildman–Crippen MR) is 76.1 cm³/mol. The Morgan fingerprint density at radius 3 is 2.95 bits per heavy atom. The van der Waals surface area contributed by atoms with Crippen LogP contribution in [-0.4, -0.2) is 27.1 Å². The smallest absolute Gasteiger partial charge is 0.315 e. The van der Waals surface area contributed by atoms with E-state index in [1.165, 1.54) is 0 Å². The van der Waals surface area contributed by atoms with Gasteiger partial charge < -0.3 is 15.2 Å². The maximum Gasteiger partial charge on any atom is 0.315 e. The van der Waals surface area contributed by atoms with Crippen molar-refractivity contribution >= 4 is 6.03 Å². The fourth-order valence-electron chi connectivity index (χ4n) is 1.84. The number of amides is 2. The Hall–Kier alpha value is -2.37. The minimum absolute atomic E-state index is 0.156. The van der Waals surface area contributed by atoms with E-state index >= 15 is 0 Å². The molecule has 2 aromatic rings. The molecule has 0 fully saturated rings. The van der Waals surface area contributed by atoms with Gasteiger partial charge >= 0.3 is 6.03 Å². The maximum absolute atomic E-state index is 11.6. The van der Waals surface area contributed by atoms with E-state index < -0.39 is 0 Å². The molecule has 0 unspecified atom stereocenters. The van der Waals surface area contributed by atoms with Crippen LogP contribution in [-0.2, 0) is 13.1 Å². The number of rotatable bonds is 6. The van der Waals surface area contributed by atoms with Crippen LogP contribution in [0.1, 0.15) is 17.8 Å². The first-order chi connectivity index (χ1) is 9.75. The van der Waals surface area contributed by atoms with Crippen LogP contribution in [0.25, 0.3) is 0 Å². The molecule has 6 nitrogen and oxygen atoms in total. The molecule has 2 heterocycles. The number of urea groups is 1. The topological polar surface area (TPSA) is 71.8 Å². The van der Waals surface area contributed by atoms with Gasteiger partial charge in [0.2, 0.25) is 0 Å². The molecule has 106 valence electrons. The van der Waals surface area contributed by atoms with Gasteiger partial charge in [-0.2, -0.15) is 0 Å². The summed E-state index contributed by atoms with van der Waals surface area (Å²) in [6, 6.07) is 3.62. The molecule has 2 rings (SSSR count). The van der Waals surface area contributed by atoms with Gasteiger partial charge in [0.25, 0.3) is 0 Å². The van der Waals surface area contributed by atoms with Crippen molar-refractivity contribution in [2.75, 3.05) is 6.54 Å². The fraction of sp³-hybridized carbons (Fsp3) is 0.357. The van der Waals surface area contributed by atoms with E-state index in [-0.39, 0.29) is 6.03 Å². The summed E-state index contributed by atoms with van der Waals surface area (Å²) in [5, 5.41) is 5.63. The third-order valence-electron chi connectivity index (χ3n) is 2.96. The Bertz CT molecular complexity index is 538. The predicted octanol–water partition coefficient (Wildman–Crippen LogP) is 1.48. The summed E-state index contributed by atoms with van der Waals surface area (Å²) in [7, 11) is 0. The average Bonchev–Trinajstić information content (AvgIpc) is 2.88. The molecule has 20 heavy (non-hydrogen) atoms. The van der Waals surface area contributed by atoms with Crippen molar-refractivity contribution < 1.29 is 4.79 Å². The maximum atomic E-state index is 11.6. The SMILES string of the molecule is Cc1nccn1CCCNC(=O)NCc1cccnc1. The first kappa shape index (κ1) is 14.0. The Morgan fingerprint density at radius 2 is 2.25 bits per heavy atom. The normalized spacial score (nSPS) is 10.2. The highest BCUT2D eigenvalue weighted by Crippen LogP contribution is 1.96. The van der Waals surface area contributed by atoms with E-state index in [0.717, 1.165) is 24.4 Å². The number of aromatic nitrogens is 3. The minimum Gasteiger partial charge on any atom is -0.338 e. The Balaban J connectivity index is 1.60. The number of hydrogen-bond acceptors (Lipinski definition) is 3. The lowest BCUT2D eigenvalue weighted by Crippen LogP contribution is -2.35. The minimum atomic E-state index is -0.156. The Morgan fingerprint density at radius 1 is 1.35 bits per heavy atom. The van der Waals surface area contributed by atoms with Crippen LogP contribution >= 0.6 is 0 Å². The number of aryl methyl sites for hydroxylation is 2. The summed E-state index contributed by atoms with van der Waals surface area (Å²) in [4.78, 5) is 19.7. The second-order valence-corrected chi connectivity index (χ2v) is 4.49. The second-order valence-electron chi connectivity index (χ2n) is 4.49. The average molecular weight is 273 g/mol. The third-order valence-corrected chi connectivity index (χ3v) is 2.96. The molecule has 0 saturated heterocycles. The van der Waals surface area contributed by atoms with Crippen molar-refractivity contribution in [3.63, 3.8) is 0 Å². The molecule has 0 bridgehead atoms. The van der Waals surface area contributed by atoms with Crippen molar-refractivity contribution in [3.05, 3.63) is 48.3 Å². The molecule has 0 aliphatic carbocycles. The molecular weight excluding hydrogens is 254 g/mol. The van der Waals surface area contributed by atoms with Gasteiger partial charge in [-0.1, -0.05) is 6.07 Å². The van der Waals surface area contributed by atoms with E-state index in [1.807, 2.05) is 25.3 Å². The molecule has 0 saturated carbocycles. The fourth-order valence-corrected chi connectivity index (χ4v) is 1.84. The number of imidazole rings is 1. The zero-order valence-electron chi connectivity index (χ0n) is 11.5. The molecule has 2 N–H and O–H groups in total. The lowest BCUT2D eigenvalue weighted by Gasteiger charge is -2.08. The van der Waals surface area contributed by atoms with E-state index in [0.29, 0.717) is 13.1 Å². The molecule has 0 atom stereocenters. The van der Waals surface area contributed by atoms with Crippen molar-refractivity contribution in [1.82, 2.24) is 25.2 Å². The van der Waals surface area contributed by atoms with E-state index in [4.69, 9.17) is 0 Å². The summed E-state index contributed by atoms with van der Waals surface area (Å²) in [5.41, 5.74) is 0.983. The van der Waals surface area contributed by atoms with Crippen LogP contribution in [0.2, 0.25) is 0 Å². The molecule has 2 aromatic heterocycles. The Kier molecular flexibility index (Phi) is 5.11. The van der Waals surface area contributed by atoms with Crippen molar-refractivity contribution in [2.24, 2.45) is 0 Å². The standard InChI is InChI=1S/C14H19N5O/c1-12-16-7-9-19(12)8-3-6-17-14(20)18-11-13-4-2-5-15-10-13/h2,4-5,7,9-10H,3,6,8,11H2,1H3,(H2,17,18,20). The third kappa shape index (κ3) is 4.38. The second kappa shape index (κ2) is 7.28. The number of hydrogen-bond donors (Lipinski definition) is 2. The molecule has 0 aliphatic heterocycles. The van der Waals surface area contributed by atoms with Crippen LogP contribution in [0.15, 0.2) is 36.9 Å². The summed E-state index contributed by atoms with van der Waals surface area (Å²) in [6.07, 6.45) is 8.04. The van der Waals surface area contributed by atoms with Gasteiger partial charge in [0.15, 0.2) is 0 Å². The summed E-state index contributed by atoms with van der Waals surface area (Å²) in [6.45, 7) is 3.94.